The molecule has 0 aromatic carbocycles. The van der Waals surface area contributed by atoms with Crippen molar-refractivity contribution >= 4 is 10.2 Å². The second kappa shape index (κ2) is 8.00. The van der Waals surface area contributed by atoms with E-state index < -0.39 is 10.2 Å². The summed E-state index contributed by atoms with van der Waals surface area (Å²) in [6, 6.07) is 0. The molecule has 0 bridgehead atoms. The minimum Gasteiger partial charge on any atom is -0.383 e. The number of hydrogen-bond donors (Lipinski definition) is 2. The molecule has 0 fully saturated rings. The van der Waals surface area contributed by atoms with Crippen LogP contribution in [0.1, 0.15) is 6.92 Å². The second-order valence-electron chi connectivity index (χ2n) is 3.07. The van der Waals surface area contributed by atoms with E-state index in [2.05, 4.69) is 10.0 Å². The maximum Gasteiger partial charge on any atom is 0.279 e. The van der Waals surface area contributed by atoms with Gasteiger partial charge in [-0.15, -0.1) is 0 Å². The third kappa shape index (κ3) is 6.80. The molecule has 7 heteroatoms. The summed E-state index contributed by atoms with van der Waals surface area (Å²) in [5, 5.41) is 3.03. The first kappa shape index (κ1) is 14.8. The summed E-state index contributed by atoms with van der Waals surface area (Å²) >= 11 is 0. The van der Waals surface area contributed by atoms with E-state index in [0.29, 0.717) is 26.2 Å². The molecule has 0 aromatic heterocycles. The molecule has 0 amide bonds. The van der Waals surface area contributed by atoms with E-state index in [9.17, 15) is 8.42 Å². The Morgan fingerprint density at radius 1 is 1.33 bits per heavy atom. The zero-order valence-electron chi connectivity index (χ0n) is 9.62. The van der Waals surface area contributed by atoms with Gasteiger partial charge in [-0.05, 0) is 6.54 Å². The van der Waals surface area contributed by atoms with Gasteiger partial charge in [0, 0.05) is 33.8 Å². The summed E-state index contributed by atoms with van der Waals surface area (Å²) in [6.45, 7) is 4.58. The van der Waals surface area contributed by atoms with Gasteiger partial charge in [-0.3, -0.25) is 0 Å². The largest absolute Gasteiger partial charge is 0.383 e. The molecular weight excluding hydrogens is 218 g/mol. The Morgan fingerprint density at radius 3 is 2.53 bits per heavy atom. The van der Waals surface area contributed by atoms with Gasteiger partial charge in [0.25, 0.3) is 10.2 Å². The van der Waals surface area contributed by atoms with Gasteiger partial charge < -0.3 is 10.1 Å². The minimum absolute atomic E-state index is 0.354. The highest BCUT2D eigenvalue weighted by Gasteiger charge is 2.15. The van der Waals surface area contributed by atoms with E-state index in [1.807, 2.05) is 6.92 Å². The van der Waals surface area contributed by atoms with E-state index in [-0.39, 0.29) is 0 Å². The smallest absolute Gasteiger partial charge is 0.279 e. The van der Waals surface area contributed by atoms with Crippen molar-refractivity contribution in [1.82, 2.24) is 14.3 Å². The Kier molecular flexibility index (Phi) is 7.89. The summed E-state index contributed by atoms with van der Waals surface area (Å²) in [5.74, 6) is 0. The molecule has 0 rings (SSSR count). The predicted molar refractivity (Wildman–Crippen MR) is 60.0 cm³/mol. The van der Waals surface area contributed by atoms with Gasteiger partial charge in [0.1, 0.15) is 0 Å². The number of ether oxygens (including phenoxy) is 1. The summed E-state index contributed by atoms with van der Waals surface area (Å²) < 4.78 is 31.6. The standard InChI is InChI=1S/C8H21N3O3S/c1-4-9-5-6-10-15(12,13)11(2)7-8-14-3/h9-10H,4-8H2,1-3H3. The number of nitrogens with zero attached hydrogens (tertiary/aromatic N) is 1. The van der Waals surface area contributed by atoms with Crippen LogP contribution in [0.3, 0.4) is 0 Å². The van der Waals surface area contributed by atoms with Crippen molar-refractivity contribution in [1.29, 1.82) is 0 Å². The summed E-state index contributed by atoms with van der Waals surface area (Å²) in [5.41, 5.74) is 0. The molecule has 0 saturated heterocycles. The van der Waals surface area contributed by atoms with Crippen LogP contribution in [0.4, 0.5) is 0 Å². The van der Waals surface area contributed by atoms with Gasteiger partial charge in [-0.2, -0.15) is 12.7 Å². The fourth-order valence-electron chi connectivity index (χ4n) is 0.895. The maximum absolute atomic E-state index is 11.5. The van der Waals surface area contributed by atoms with Crippen LogP contribution in [0.5, 0.6) is 0 Å². The molecular formula is C8H21N3O3S. The van der Waals surface area contributed by atoms with Crippen LogP contribution in [0.25, 0.3) is 0 Å². The molecule has 0 aliphatic rings. The predicted octanol–water partition coefficient (Wildman–Crippen LogP) is -0.991. The fraction of sp³-hybridized carbons (Fsp3) is 1.00. The lowest BCUT2D eigenvalue weighted by Gasteiger charge is -2.17. The lowest BCUT2D eigenvalue weighted by atomic mass is 10.6. The highest BCUT2D eigenvalue weighted by atomic mass is 32.2. The highest BCUT2D eigenvalue weighted by molar-refractivity contribution is 7.87. The number of methoxy groups -OCH3 is 1. The van der Waals surface area contributed by atoms with Crippen LogP contribution in [0, 0.1) is 0 Å². The summed E-state index contributed by atoms with van der Waals surface area (Å²) in [6.07, 6.45) is 0. The molecule has 15 heavy (non-hydrogen) atoms. The number of likely N-dealkylation sites (N-methyl/N-ethyl adjacent to an activating group) is 2. The average Bonchev–Trinajstić information content (AvgIpc) is 2.21. The molecule has 0 spiro atoms. The Balaban J connectivity index is 3.84. The molecule has 0 unspecified atom stereocenters. The van der Waals surface area contributed by atoms with Crippen molar-refractivity contribution in [3.05, 3.63) is 0 Å². The SMILES string of the molecule is CCNCCNS(=O)(=O)N(C)CCOC. The lowest BCUT2D eigenvalue weighted by Crippen LogP contribution is -2.42. The molecule has 0 heterocycles. The molecule has 6 nitrogen and oxygen atoms in total. The first-order valence-corrected chi connectivity index (χ1v) is 6.39. The molecule has 0 aliphatic carbocycles. The van der Waals surface area contributed by atoms with Crippen LogP contribution in [0.15, 0.2) is 0 Å². The van der Waals surface area contributed by atoms with Crippen molar-refractivity contribution in [2.24, 2.45) is 0 Å². The van der Waals surface area contributed by atoms with Crippen LogP contribution in [0.2, 0.25) is 0 Å². The van der Waals surface area contributed by atoms with Gasteiger partial charge in [-0.25, -0.2) is 4.72 Å². The van der Waals surface area contributed by atoms with Gasteiger partial charge in [0.05, 0.1) is 6.61 Å². The van der Waals surface area contributed by atoms with Crippen LogP contribution in [-0.4, -0.2) is 59.7 Å². The highest BCUT2D eigenvalue weighted by Crippen LogP contribution is 1.92. The van der Waals surface area contributed by atoms with Gasteiger partial charge in [0.15, 0.2) is 0 Å². The lowest BCUT2D eigenvalue weighted by molar-refractivity contribution is 0.184. The molecule has 2 N–H and O–H groups in total. The minimum atomic E-state index is -3.35. The van der Waals surface area contributed by atoms with Crippen molar-refractivity contribution in [3.63, 3.8) is 0 Å². The Hall–Kier alpha value is -0.210. The van der Waals surface area contributed by atoms with E-state index in [0.717, 1.165) is 6.54 Å². The van der Waals surface area contributed by atoms with Crippen molar-refractivity contribution < 1.29 is 13.2 Å². The van der Waals surface area contributed by atoms with Crippen LogP contribution in [-0.2, 0) is 14.9 Å². The maximum atomic E-state index is 11.5. The Bertz CT molecular complexity index is 244. The first-order chi connectivity index (χ1) is 7.04. The average molecular weight is 239 g/mol. The van der Waals surface area contributed by atoms with E-state index in [4.69, 9.17) is 4.74 Å². The van der Waals surface area contributed by atoms with Crippen molar-refractivity contribution in [2.45, 2.75) is 6.92 Å². The van der Waals surface area contributed by atoms with Gasteiger partial charge in [0.2, 0.25) is 0 Å². The third-order valence-corrected chi connectivity index (χ3v) is 3.43. The molecule has 0 saturated carbocycles. The number of rotatable bonds is 9. The molecule has 0 radical (unpaired) electrons. The molecule has 0 atom stereocenters. The molecule has 92 valence electrons. The number of hydrogen-bond acceptors (Lipinski definition) is 4. The number of nitrogens with one attached hydrogen (secondary N) is 2. The third-order valence-electron chi connectivity index (χ3n) is 1.86. The molecule has 0 aliphatic heterocycles. The zero-order chi connectivity index (χ0) is 11.7. The summed E-state index contributed by atoms with van der Waals surface area (Å²) in [4.78, 5) is 0. The Labute approximate surface area is 92.2 Å². The van der Waals surface area contributed by atoms with Gasteiger partial charge >= 0.3 is 0 Å². The van der Waals surface area contributed by atoms with E-state index in [1.165, 1.54) is 11.4 Å². The van der Waals surface area contributed by atoms with Crippen molar-refractivity contribution in [2.75, 3.05) is 46.9 Å². The van der Waals surface area contributed by atoms with Crippen LogP contribution >= 0.6 is 0 Å². The topological polar surface area (TPSA) is 70.7 Å². The van der Waals surface area contributed by atoms with E-state index in [1.54, 1.807) is 7.11 Å². The second-order valence-corrected chi connectivity index (χ2v) is 4.93. The quantitative estimate of drug-likeness (QED) is 0.507. The summed E-state index contributed by atoms with van der Waals surface area (Å²) in [7, 11) is -0.287. The monoisotopic (exact) mass is 239 g/mol. The van der Waals surface area contributed by atoms with Crippen LogP contribution < -0.4 is 10.0 Å². The Morgan fingerprint density at radius 2 is 2.00 bits per heavy atom. The van der Waals surface area contributed by atoms with Crippen molar-refractivity contribution in [3.8, 4) is 0 Å². The normalized spacial score (nSPS) is 12.3. The fourth-order valence-corrected chi connectivity index (χ4v) is 1.79. The molecule has 0 aromatic rings. The zero-order valence-corrected chi connectivity index (χ0v) is 10.4. The first-order valence-electron chi connectivity index (χ1n) is 4.95. The van der Waals surface area contributed by atoms with E-state index >= 15 is 0 Å². The van der Waals surface area contributed by atoms with Gasteiger partial charge in [-0.1, -0.05) is 6.92 Å².